The van der Waals surface area contributed by atoms with Gasteiger partial charge in [-0.2, -0.15) is 5.26 Å². The van der Waals surface area contributed by atoms with Crippen LogP contribution in [0.25, 0.3) is 0 Å². The molecule has 0 radical (unpaired) electrons. The second-order valence-corrected chi connectivity index (χ2v) is 4.67. The van der Waals surface area contributed by atoms with E-state index in [2.05, 4.69) is 11.4 Å². The van der Waals surface area contributed by atoms with Gasteiger partial charge in [-0.25, -0.2) is 0 Å². The van der Waals surface area contributed by atoms with E-state index in [9.17, 15) is 4.79 Å². The Labute approximate surface area is 107 Å². The molecule has 0 atom stereocenters. The summed E-state index contributed by atoms with van der Waals surface area (Å²) in [4.78, 5) is 13.5. The van der Waals surface area contributed by atoms with Gasteiger partial charge in [0.25, 0.3) is 0 Å². The van der Waals surface area contributed by atoms with E-state index in [0.29, 0.717) is 25.9 Å². The molecule has 1 aliphatic carbocycles. The first kappa shape index (κ1) is 14.9. The van der Waals surface area contributed by atoms with Crippen LogP contribution in [0, 0.1) is 11.3 Å². The van der Waals surface area contributed by atoms with E-state index in [4.69, 9.17) is 15.5 Å². The summed E-state index contributed by atoms with van der Waals surface area (Å²) < 4.78 is 0. The molecule has 0 heterocycles. The maximum absolute atomic E-state index is 11.9. The lowest BCUT2D eigenvalue weighted by atomic mass is 10.00. The molecule has 1 fully saturated rings. The minimum absolute atomic E-state index is 0.0589. The number of rotatable bonds is 7. The number of carbonyl (C=O) groups excluding carboxylic acids is 1. The third kappa shape index (κ3) is 4.26. The van der Waals surface area contributed by atoms with E-state index < -0.39 is 5.54 Å². The number of carbonyl (C=O) groups is 1. The van der Waals surface area contributed by atoms with Crippen molar-refractivity contribution in [3.05, 3.63) is 0 Å². The first-order valence-electron chi connectivity index (χ1n) is 6.32. The zero-order chi connectivity index (χ0) is 13.4. The van der Waals surface area contributed by atoms with Gasteiger partial charge in [-0.05, 0) is 25.7 Å². The van der Waals surface area contributed by atoms with Crippen LogP contribution in [0.4, 0.5) is 0 Å². The number of nitrogens with one attached hydrogen (secondary N) is 1. The first-order chi connectivity index (χ1) is 8.65. The monoisotopic (exact) mass is 255 g/mol. The normalized spacial score (nSPS) is 17.7. The summed E-state index contributed by atoms with van der Waals surface area (Å²) in [7, 11) is 0. The van der Waals surface area contributed by atoms with Crippen LogP contribution in [0.2, 0.25) is 0 Å². The Morgan fingerprint density at radius 3 is 2.28 bits per heavy atom. The summed E-state index contributed by atoms with van der Waals surface area (Å²) in [5.41, 5.74) is -0.707. The second-order valence-electron chi connectivity index (χ2n) is 4.67. The largest absolute Gasteiger partial charge is 0.395 e. The van der Waals surface area contributed by atoms with Crippen molar-refractivity contribution >= 4 is 5.91 Å². The van der Waals surface area contributed by atoms with Gasteiger partial charge in [-0.3, -0.25) is 9.69 Å². The highest BCUT2D eigenvalue weighted by atomic mass is 16.3. The van der Waals surface area contributed by atoms with Gasteiger partial charge in [-0.15, -0.1) is 0 Å². The minimum atomic E-state index is -0.707. The Balaban J connectivity index is 2.46. The van der Waals surface area contributed by atoms with Crippen LogP contribution in [-0.4, -0.2) is 59.4 Å². The predicted molar refractivity (Wildman–Crippen MR) is 65.6 cm³/mol. The van der Waals surface area contributed by atoms with Crippen LogP contribution >= 0.6 is 0 Å². The molecule has 0 aliphatic heterocycles. The number of nitriles is 1. The van der Waals surface area contributed by atoms with Crippen molar-refractivity contribution in [3.63, 3.8) is 0 Å². The van der Waals surface area contributed by atoms with Crippen molar-refractivity contribution in [2.75, 3.05) is 32.8 Å². The maximum Gasteiger partial charge on any atom is 0.235 e. The molecule has 0 aromatic rings. The first-order valence-corrected chi connectivity index (χ1v) is 6.32. The molecule has 0 saturated heterocycles. The summed E-state index contributed by atoms with van der Waals surface area (Å²) >= 11 is 0. The fourth-order valence-corrected chi connectivity index (χ4v) is 2.31. The molecule has 3 N–H and O–H groups in total. The van der Waals surface area contributed by atoms with Gasteiger partial charge < -0.3 is 15.5 Å². The Morgan fingerprint density at radius 2 is 1.83 bits per heavy atom. The molecule has 0 spiro atoms. The lowest BCUT2D eigenvalue weighted by Gasteiger charge is -2.25. The van der Waals surface area contributed by atoms with Crippen molar-refractivity contribution in [2.24, 2.45) is 0 Å². The molecule has 0 unspecified atom stereocenters. The Kier molecular flexibility index (Phi) is 6.05. The molecule has 0 aromatic heterocycles. The average Bonchev–Trinajstić information content (AvgIpc) is 2.78. The smallest absolute Gasteiger partial charge is 0.235 e. The van der Waals surface area contributed by atoms with Crippen molar-refractivity contribution < 1.29 is 15.0 Å². The fourth-order valence-electron chi connectivity index (χ4n) is 2.31. The van der Waals surface area contributed by atoms with Gasteiger partial charge >= 0.3 is 0 Å². The number of amides is 1. The molecule has 0 aromatic carbocycles. The molecule has 0 bridgehead atoms. The topological polar surface area (TPSA) is 96.6 Å². The average molecular weight is 255 g/mol. The van der Waals surface area contributed by atoms with E-state index in [-0.39, 0.29) is 25.7 Å². The lowest BCUT2D eigenvalue weighted by molar-refractivity contribution is -0.123. The molecule has 1 saturated carbocycles. The highest BCUT2D eigenvalue weighted by molar-refractivity contribution is 5.79. The second kappa shape index (κ2) is 7.31. The third-order valence-electron chi connectivity index (χ3n) is 3.25. The summed E-state index contributed by atoms with van der Waals surface area (Å²) in [6, 6.07) is 2.20. The van der Waals surface area contributed by atoms with Crippen LogP contribution in [0.3, 0.4) is 0 Å². The van der Waals surface area contributed by atoms with E-state index >= 15 is 0 Å². The number of aliphatic hydroxyl groups is 2. The lowest BCUT2D eigenvalue weighted by Crippen LogP contribution is -2.49. The van der Waals surface area contributed by atoms with Gasteiger partial charge in [0.1, 0.15) is 5.54 Å². The van der Waals surface area contributed by atoms with Gasteiger partial charge in [0.2, 0.25) is 5.91 Å². The quantitative estimate of drug-likeness (QED) is 0.555. The van der Waals surface area contributed by atoms with E-state index in [0.717, 1.165) is 12.8 Å². The Bertz CT molecular complexity index is 302. The SMILES string of the molecule is N#CC1(NC(=O)CN(CCO)CCO)CCCC1. The minimum Gasteiger partial charge on any atom is -0.395 e. The van der Waals surface area contributed by atoms with Crippen molar-refractivity contribution in [1.29, 1.82) is 5.26 Å². The number of hydrogen-bond donors (Lipinski definition) is 3. The van der Waals surface area contributed by atoms with Crippen LogP contribution in [0.5, 0.6) is 0 Å². The third-order valence-corrected chi connectivity index (χ3v) is 3.25. The summed E-state index contributed by atoms with van der Waals surface area (Å²) in [6.45, 7) is 0.666. The predicted octanol–water partition coefficient (Wildman–Crippen LogP) is -0.774. The van der Waals surface area contributed by atoms with E-state index in [1.54, 1.807) is 4.90 Å². The van der Waals surface area contributed by atoms with E-state index in [1.165, 1.54) is 0 Å². The molecule has 1 aliphatic rings. The summed E-state index contributed by atoms with van der Waals surface area (Å²) in [6.07, 6.45) is 3.33. The van der Waals surface area contributed by atoms with Gasteiger partial charge in [0.15, 0.2) is 0 Å². The Morgan fingerprint density at radius 1 is 1.28 bits per heavy atom. The van der Waals surface area contributed by atoms with E-state index in [1.807, 2.05) is 0 Å². The van der Waals surface area contributed by atoms with Gasteiger partial charge in [0, 0.05) is 13.1 Å². The maximum atomic E-state index is 11.9. The van der Waals surface area contributed by atoms with Crippen molar-refractivity contribution in [3.8, 4) is 6.07 Å². The van der Waals surface area contributed by atoms with Crippen LogP contribution in [0.1, 0.15) is 25.7 Å². The van der Waals surface area contributed by atoms with Crippen LogP contribution in [-0.2, 0) is 4.79 Å². The summed E-state index contributed by atoms with van der Waals surface area (Å²) in [5.74, 6) is -0.222. The fraction of sp³-hybridized carbons (Fsp3) is 0.833. The molecule has 102 valence electrons. The molecular weight excluding hydrogens is 234 g/mol. The van der Waals surface area contributed by atoms with Gasteiger partial charge in [0.05, 0.1) is 25.8 Å². The number of nitrogens with zero attached hydrogens (tertiary/aromatic N) is 2. The number of hydrogen-bond acceptors (Lipinski definition) is 5. The highest BCUT2D eigenvalue weighted by Crippen LogP contribution is 2.28. The summed E-state index contributed by atoms with van der Waals surface area (Å²) in [5, 5.41) is 29.6. The van der Waals surface area contributed by atoms with Crippen molar-refractivity contribution in [1.82, 2.24) is 10.2 Å². The highest BCUT2D eigenvalue weighted by Gasteiger charge is 2.35. The molecule has 18 heavy (non-hydrogen) atoms. The zero-order valence-electron chi connectivity index (χ0n) is 10.6. The Hall–Kier alpha value is -1.16. The standard InChI is InChI=1S/C12H21N3O3/c13-10-12(3-1-2-4-12)14-11(18)9-15(5-7-16)6-8-17/h16-17H,1-9H2,(H,14,18). The van der Waals surface area contributed by atoms with Crippen LogP contribution < -0.4 is 5.32 Å². The van der Waals surface area contributed by atoms with Crippen LogP contribution in [0.15, 0.2) is 0 Å². The van der Waals surface area contributed by atoms with Crippen molar-refractivity contribution in [2.45, 2.75) is 31.2 Å². The van der Waals surface area contributed by atoms with Gasteiger partial charge in [-0.1, -0.05) is 0 Å². The molecular formula is C12H21N3O3. The molecule has 1 rings (SSSR count). The molecule has 1 amide bonds. The number of aliphatic hydroxyl groups excluding tert-OH is 2. The zero-order valence-corrected chi connectivity index (χ0v) is 10.6. The molecule has 6 nitrogen and oxygen atoms in total. The molecule has 6 heteroatoms.